The van der Waals surface area contributed by atoms with E-state index in [1.165, 1.54) is 32.0 Å². The topological polar surface area (TPSA) is 120 Å². The van der Waals surface area contributed by atoms with Crippen LogP contribution in [0.5, 0.6) is 0 Å². The molecule has 234 valence electrons. The summed E-state index contributed by atoms with van der Waals surface area (Å²) in [5, 5.41) is 24.1. The fourth-order valence-corrected chi connectivity index (χ4v) is 5.84. The van der Waals surface area contributed by atoms with Crippen LogP contribution >= 0.6 is 23.5 Å². The number of hydrogen-bond donors (Lipinski definition) is 0. The lowest BCUT2D eigenvalue weighted by atomic mass is 9.96. The Morgan fingerprint density at radius 3 is 1.42 bits per heavy atom. The molecule has 10 heteroatoms. The molecule has 0 aliphatic heterocycles. The van der Waals surface area contributed by atoms with E-state index in [1.54, 1.807) is 42.5 Å². The molecule has 0 bridgehead atoms. The number of nitro benzene ring substituents is 2. The van der Waals surface area contributed by atoms with E-state index in [-0.39, 0.29) is 32.7 Å². The molecule has 0 heterocycles. The molecule has 0 radical (unpaired) electrons. The quantitative estimate of drug-likeness (QED) is 0.0761. The highest BCUT2D eigenvalue weighted by atomic mass is 32.2. The SMILES string of the molecule is CC(=O)Sc1ccc(C#Cc2ccc(-c3ccc(-c4ccc(C#Cc5ccc(SC(C)=O)cc5)c([N+](=O)[O-])c4)c([N+](=O)[O-])c3)cc2)cc1. The third kappa shape index (κ3) is 8.65. The number of benzene rings is 5. The molecule has 0 unspecified atom stereocenters. The molecule has 0 N–H and O–H groups in total. The first-order chi connectivity index (χ1) is 23.0. The Balaban J connectivity index is 1.38. The third-order valence-electron chi connectivity index (χ3n) is 6.84. The van der Waals surface area contributed by atoms with Gasteiger partial charge in [0, 0.05) is 52.5 Å². The Morgan fingerprint density at radius 1 is 0.521 bits per heavy atom. The molecule has 48 heavy (non-hydrogen) atoms. The van der Waals surface area contributed by atoms with Crippen molar-refractivity contribution in [3.05, 3.63) is 152 Å². The van der Waals surface area contributed by atoms with Gasteiger partial charge in [0.05, 0.1) is 15.4 Å². The fraction of sp³-hybridized carbons (Fsp3) is 0.0526. The molecule has 0 spiro atoms. The Hall–Kier alpha value is -5.94. The predicted octanol–water partition coefficient (Wildman–Crippen LogP) is 8.91. The van der Waals surface area contributed by atoms with Crippen molar-refractivity contribution in [1.29, 1.82) is 0 Å². The standard InChI is InChI=1S/C38H24N2O6S2/c1-25(41)47-34-18-8-28(9-19-34)4-3-27-5-12-30(13-6-27)32-17-22-36(38(23-32)40(45)46)33-16-15-31(37(24-33)39(43)44)14-7-29-10-20-35(21-11-29)48-26(2)42/h5-6,8-13,15-24H,1-2H3. The summed E-state index contributed by atoms with van der Waals surface area (Å²) in [4.78, 5) is 47.2. The van der Waals surface area contributed by atoms with E-state index in [0.29, 0.717) is 16.7 Å². The number of carbonyl (C=O) groups excluding carboxylic acids is 2. The van der Waals surface area contributed by atoms with Crippen LogP contribution in [0.4, 0.5) is 11.4 Å². The normalized spacial score (nSPS) is 10.2. The second-order valence-corrected chi connectivity index (χ2v) is 12.8. The molecule has 5 aromatic rings. The van der Waals surface area contributed by atoms with Gasteiger partial charge in [-0.25, -0.2) is 0 Å². The second kappa shape index (κ2) is 15.1. The minimum absolute atomic E-state index is 0.0139. The van der Waals surface area contributed by atoms with Gasteiger partial charge in [0.15, 0.2) is 10.2 Å². The minimum Gasteiger partial charge on any atom is -0.287 e. The Bertz CT molecular complexity index is 2190. The predicted molar refractivity (Wildman–Crippen MR) is 189 cm³/mol. The van der Waals surface area contributed by atoms with Gasteiger partial charge < -0.3 is 0 Å². The highest BCUT2D eigenvalue weighted by Crippen LogP contribution is 2.36. The molecule has 0 saturated carbocycles. The van der Waals surface area contributed by atoms with Crippen molar-refractivity contribution in [2.45, 2.75) is 23.6 Å². The summed E-state index contributed by atoms with van der Waals surface area (Å²) in [5.74, 6) is 11.9. The summed E-state index contributed by atoms with van der Waals surface area (Å²) in [6.45, 7) is 2.99. The smallest absolute Gasteiger partial charge is 0.285 e. The van der Waals surface area contributed by atoms with Crippen LogP contribution in [0, 0.1) is 43.9 Å². The van der Waals surface area contributed by atoms with Crippen LogP contribution in [0.15, 0.2) is 119 Å². The Morgan fingerprint density at radius 2 is 0.938 bits per heavy atom. The molecule has 0 saturated heterocycles. The van der Waals surface area contributed by atoms with Gasteiger partial charge in [-0.3, -0.25) is 29.8 Å². The number of hydrogen-bond acceptors (Lipinski definition) is 8. The molecule has 0 aliphatic carbocycles. The first kappa shape index (κ1) is 33.4. The molecule has 8 nitrogen and oxygen atoms in total. The zero-order valence-corrected chi connectivity index (χ0v) is 27.2. The van der Waals surface area contributed by atoms with Crippen LogP contribution < -0.4 is 0 Å². The molecular formula is C38H24N2O6S2. The van der Waals surface area contributed by atoms with E-state index in [1.807, 2.05) is 48.5 Å². The molecule has 0 aliphatic rings. The van der Waals surface area contributed by atoms with Gasteiger partial charge in [0.2, 0.25) is 0 Å². The van der Waals surface area contributed by atoms with E-state index < -0.39 is 9.85 Å². The second-order valence-electron chi connectivity index (χ2n) is 10.3. The summed E-state index contributed by atoms with van der Waals surface area (Å²) >= 11 is 2.26. The van der Waals surface area contributed by atoms with Crippen molar-refractivity contribution in [3.63, 3.8) is 0 Å². The van der Waals surface area contributed by atoms with Crippen molar-refractivity contribution in [3.8, 4) is 45.9 Å². The van der Waals surface area contributed by atoms with Gasteiger partial charge in [-0.15, -0.1) is 0 Å². The highest BCUT2D eigenvalue weighted by molar-refractivity contribution is 8.13. The highest BCUT2D eigenvalue weighted by Gasteiger charge is 2.21. The zero-order chi connectivity index (χ0) is 34.2. The zero-order valence-electron chi connectivity index (χ0n) is 25.6. The van der Waals surface area contributed by atoms with Gasteiger partial charge in [-0.2, -0.15) is 0 Å². The van der Waals surface area contributed by atoms with Gasteiger partial charge in [0.1, 0.15) is 5.56 Å². The van der Waals surface area contributed by atoms with Crippen LogP contribution in [0.25, 0.3) is 22.3 Å². The van der Waals surface area contributed by atoms with E-state index in [2.05, 4.69) is 23.7 Å². The third-order valence-corrected chi connectivity index (χ3v) is 8.43. The summed E-state index contributed by atoms with van der Waals surface area (Å²) in [5.41, 5.74) is 3.76. The maximum Gasteiger partial charge on any atom is 0.285 e. The van der Waals surface area contributed by atoms with Crippen molar-refractivity contribution >= 4 is 45.1 Å². The monoisotopic (exact) mass is 668 g/mol. The first-order valence-electron chi connectivity index (χ1n) is 14.3. The summed E-state index contributed by atoms with van der Waals surface area (Å²) in [7, 11) is 0. The largest absolute Gasteiger partial charge is 0.287 e. The molecule has 5 rings (SSSR count). The first-order valence-corrected chi connectivity index (χ1v) is 16.0. The molecule has 0 atom stereocenters. The van der Waals surface area contributed by atoms with Gasteiger partial charge >= 0.3 is 0 Å². The number of carbonyl (C=O) groups is 2. The van der Waals surface area contributed by atoms with Crippen molar-refractivity contribution < 1.29 is 19.4 Å². The summed E-state index contributed by atoms with van der Waals surface area (Å²) < 4.78 is 0. The average Bonchev–Trinajstić information content (AvgIpc) is 3.07. The maximum absolute atomic E-state index is 12.1. The van der Waals surface area contributed by atoms with Crippen molar-refractivity contribution in [2.24, 2.45) is 0 Å². The molecule has 5 aromatic carbocycles. The maximum atomic E-state index is 12.1. The minimum atomic E-state index is -0.562. The number of nitro groups is 2. The number of rotatable bonds is 6. The van der Waals surface area contributed by atoms with Crippen molar-refractivity contribution in [2.75, 3.05) is 0 Å². The van der Waals surface area contributed by atoms with E-state index in [9.17, 15) is 29.8 Å². The molecule has 0 fully saturated rings. The van der Waals surface area contributed by atoms with E-state index in [4.69, 9.17) is 0 Å². The van der Waals surface area contributed by atoms with Gasteiger partial charge in [-0.05, 0) is 89.5 Å². The van der Waals surface area contributed by atoms with Crippen LogP contribution in [0.3, 0.4) is 0 Å². The van der Waals surface area contributed by atoms with E-state index >= 15 is 0 Å². The van der Waals surface area contributed by atoms with Gasteiger partial charge in [0.25, 0.3) is 11.4 Å². The summed E-state index contributed by atoms with van der Waals surface area (Å²) in [6.07, 6.45) is 0. The van der Waals surface area contributed by atoms with Gasteiger partial charge in [-0.1, -0.05) is 71.5 Å². The average molecular weight is 669 g/mol. The lowest BCUT2D eigenvalue weighted by molar-refractivity contribution is -0.385. The Kier molecular flexibility index (Phi) is 10.5. The van der Waals surface area contributed by atoms with Crippen LogP contribution in [0.1, 0.15) is 36.1 Å². The molecule has 0 aromatic heterocycles. The molecule has 0 amide bonds. The fourth-order valence-electron chi connectivity index (χ4n) is 4.64. The van der Waals surface area contributed by atoms with E-state index in [0.717, 1.165) is 50.0 Å². The lowest BCUT2D eigenvalue weighted by Gasteiger charge is -2.08. The van der Waals surface area contributed by atoms with Crippen LogP contribution in [-0.4, -0.2) is 20.1 Å². The van der Waals surface area contributed by atoms with Crippen LogP contribution in [-0.2, 0) is 9.59 Å². The number of nitrogens with zero attached hydrogens (tertiary/aromatic N) is 2. The summed E-state index contributed by atoms with van der Waals surface area (Å²) in [6, 6.07) is 30.7. The van der Waals surface area contributed by atoms with Crippen LogP contribution in [0.2, 0.25) is 0 Å². The van der Waals surface area contributed by atoms with Crippen molar-refractivity contribution in [1.82, 2.24) is 0 Å². The lowest BCUT2D eigenvalue weighted by Crippen LogP contribution is -1.96. The number of thioether (sulfide) groups is 2. The molecular weight excluding hydrogens is 645 g/mol. The Labute approximate surface area is 284 Å².